The number of nitrogens with zero attached hydrogens (tertiary/aromatic N) is 3. The van der Waals surface area contributed by atoms with Crippen LogP contribution in [0.3, 0.4) is 0 Å². The van der Waals surface area contributed by atoms with Gasteiger partial charge in [-0.05, 0) is 48.6 Å². The van der Waals surface area contributed by atoms with Gasteiger partial charge in [-0.15, -0.1) is 5.10 Å². The van der Waals surface area contributed by atoms with Crippen molar-refractivity contribution in [2.75, 3.05) is 4.90 Å². The molecule has 0 unspecified atom stereocenters. The van der Waals surface area contributed by atoms with Crippen molar-refractivity contribution >= 4 is 63.8 Å². The quantitative estimate of drug-likeness (QED) is 0.388. The summed E-state index contributed by atoms with van der Waals surface area (Å²) in [7, 11) is 0. The van der Waals surface area contributed by atoms with Gasteiger partial charge in [0.2, 0.25) is 5.91 Å². The Bertz CT molecular complexity index is 1170. The van der Waals surface area contributed by atoms with E-state index < -0.39 is 23.7 Å². The van der Waals surface area contributed by atoms with E-state index in [4.69, 9.17) is 34.8 Å². The fraction of sp³-hybridized carbons (Fsp3) is 0.304. The van der Waals surface area contributed by atoms with Gasteiger partial charge < -0.3 is 5.32 Å². The molecule has 4 rings (SSSR count). The largest absolute Gasteiger partial charge is 0.351 e. The summed E-state index contributed by atoms with van der Waals surface area (Å²) >= 11 is 20.1. The van der Waals surface area contributed by atoms with Crippen LogP contribution in [0.25, 0.3) is 0 Å². The van der Waals surface area contributed by atoms with Crippen LogP contribution < -0.4 is 10.2 Å². The van der Waals surface area contributed by atoms with Crippen LogP contribution >= 0.6 is 46.3 Å². The van der Waals surface area contributed by atoms with Gasteiger partial charge in [0.1, 0.15) is 11.9 Å². The number of hydrogen-bond donors (Lipinski definition) is 1. The van der Waals surface area contributed by atoms with E-state index in [1.807, 2.05) is 0 Å². The van der Waals surface area contributed by atoms with E-state index >= 15 is 4.39 Å². The molecule has 6 nitrogen and oxygen atoms in total. The standard InChI is InChI=1S/C23H20Cl3FN4O2S/c24-14-8-4-10-16(27)19(14)21(22(32)28-13-6-2-1-3-7-13)31(23(33)17-12-34-30-29-17)18-11-5-9-15(25)20(18)26/h4-5,8-13,21H,1-3,6-7H2,(H,28,32)/t21-/m1/s1. The van der Waals surface area contributed by atoms with Crippen molar-refractivity contribution in [3.05, 3.63) is 73.9 Å². The first kappa shape index (κ1) is 24.9. The highest BCUT2D eigenvalue weighted by Gasteiger charge is 2.39. The molecule has 178 valence electrons. The summed E-state index contributed by atoms with van der Waals surface area (Å²) in [5.74, 6) is -2.00. The monoisotopic (exact) mass is 540 g/mol. The number of hydrogen-bond acceptors (Lipinski definition) is 5. The fourth-order valence-electron chi connectivity index (χ4n) is 4.10. The molecular weight excluding hydrogens is 522 g/mol. The highest BCUT2D eigenvalue weighted by molar-refractivity contribution is 7.03. The van der Waals surface area contributed by atoms with Crippen LogP contribution in [-0.4, -0.2) is 27.4 Å². The summed E-state index contributed by atoms with van der Waals surface area (Å²) in [5, 5.41) is 8.47. The van der Waals surface area contributed by atoms with Crippen molar-refractivity contribution in [3.8, 4) is 0 Å². The average molecular weight is 542 g/mol. The first-order valence-electron chi connectivity index (χ1n) is 10.7. The second kappa shape index (κ2) is 11.0. The predicted octanol–water partition coefficient (Wildman–Crippen LogP) is 6.47. The number of aromatic nitrogens is 2. The molecule has 1 fully saturated rings. The molecule has 3 aromatic rings. The van der Waals surface area contributed by atoms with Crippen molar-refractivity contribution in [3.63, 3.8) is 0 Å². The number of carbonyl (C=O) groups is 2. The van der Waals surface area contributed by atoms with E-state index in [1.54, 1.807) is 12.1 Å². The number of anilines is 1. The minimum absolute atomic E-state index is 0.00357. The Morgan fingerprint density at radius 3 is 2.44 bits per heavy atom. The molecule has 11 heteroatoms. The molecule has 1 aromatic heterocycles. The van der Waals surface area contributed by atoms with E-state index in [1.165, 1.54) is 29.6 Å². The Hall–Kier alpha value is -2.26. The maximum atomic E-state index is 15.2. The summed E-state index contributed by atoms with van der Waals surface area (Å²) in [6.07, 6.45) is 4.64. The lowest BCUT2D eigenvalue weighted by Crippen LogP contribution is -2.48. The van der Waals surface area contributed by atoms with Crippen molar-refractivity contribution in [2.45, 2.75) is 44.2 Å². The van der Waals surface area contributed by atoms with Gasteiger partial charge in [-0.25, -0.2) is 4.39 Å². The number of nitrogens with one attached hydrogen (secondary N) is 1. The summed E-state index contributed by atoms with van der Waals surface area (Å²) in [6, 6.07) is 7.18. The molecule has 0 radical (unpaired) electrons. The topological polar surface area (TPSA) is 75.2 Å². The van der Waals surface area contributed by atoms with E-state index in [9.17, 15) is 9.59 Å². The maximum absolute atomic E-state index is 15.2. The Morgan fingerprint density at radius 2 is 1.76 bits per heavy atom. The molecule has 1 atom stereocenters. The molecule has 1 aliphatic carbocycles. The molecule has 1 heterocycles. The smallest absolute Gasteiger partial charge is 0.280 e. The Kier molecular flexibility index (Phi) is 8.03. The molecule has 1 saturated carbocycles. The lowest BCUT2D eigenvalue weighted by molar-refractivity contribution is -0.123. The van der Waals surface area contributed by atoms with E-state index in [0.29, 0.717) is 0 Å². The van der Waals surface area contributed by atoms with Crippen LogP contribution in [0.2, 0.25) is 15.1 Å². The van der Waals surface area contributed by atoms with Crippen molar-refractivity contribution in [1.82, 2.24) is 14.9 Å². The zero-order valence-corrected chi connectivity index (χ0v) is 20.9. The molecule has 0 aliphatic heterocycles. The molecule has 2 amide bonds. The van der Waals surface area contributed by atoms with Crippen LogP contribution in [0.4, 0.5) is 10.1 Å². The number of rotatable bonds is 6. The van der Waals surface area contributed by atoms with Crippen molar-refractivity contribution in [2.24, 2.45) is 0 Å². The van der Waals surface area contributed by atoms with Crippen molar-refractivity contribution < 1.29 is 14.0 Å². The molecule has 1 aliphatic rings. The van der Waals surface area contributed by atoms with E-state index in [0.717, 1.165) is 48.5 Å². The minimum Gasteiger partial charge on any atom is -0.351 e. The first-order valence-corrected chi connectivity index (χ1v) is 12.6. The summed E-state index contributed by atoms with van der Waals surface area (Å²) in [4.78, 5) is 28.5. The van der Waals surface area contributed by atoms with Crippen LogP contribution in [0.5, 0.6) is 0 Å². The van der Waals surface area contributed by atoms with Crippen LogP contribution in [0.15, 0.2) is 41.8 Å². The number of amides is 2. The third-order valence-corrected chi connectivity index (χ3v) is 7.36. The molecule has 0 bridgehead atoms. The van der Waals surface area contributed by atoms with Gasteiger partial charge in [0, 0.05) is 22.0 Å². The molecular formula is C23H20Cl3FN4O2S. The van der Waals surface area contributed by atoms with E-state index in [-0.39, 0.29) is 38.1 Å². The zero-order valence-electron chi connectivity index (χ0n) is 17.8. The van der Waals surface area contributed by atoms with Crippen LogP contribution in [0.1, 0.15) is 54.2 Å². The predicted molar refractivity (Wildman–Crippen MR) is 132 cm³/mol. The number of carbonyl (C=O) groups excluding carboxylic acids is 2. The first-order chi connectivity index (χ1) is 16.4. The lowest BCUT2D eigenvalue weighted by Gasteiger charge is -2.34. The summed E-state index contributed by atoms with van der Waals surface area (Å²) in [5.41, 5.74) is -0.0516. The lowest BCUT2D eigenvalue weighted by atomic mass is 9.94. The molecule has 2 aromatic carbocycles. The Morgan fingerprint density at radius 1 is 1.06 bits per heavy atom. The third-order valence-electron chi connectivity index (χ3n) is 5.72. The van der Waals surface area contributed by atoms with Crippen LogP contribution in [-0.2, 0) is 4.79 Å². The fourth-order valence-corrected chi connectivity index (χ4v) is 5.18. The Labute approximate surface area is 215 Å². The summed E-state index contributed by atoms with van der Waals surface area (Å²) in [6.45, 7) is 0. The second-order valence-corrected chi connectivity index (χ2v) is 9.72. The van der Waals surface area contributed by atoms with Gasteiger partial charge in [0.15, 0.2) is 5.69 Å². The van der Waals surface area contributed by atoms with E-state index in [2.05, 4.69) is 14.9 Å². The van der Waals surface area contributed by atoms with Gasteiger partial charge in [0.25, 0.3) is 5.91 Å². The normalized spacial score (nSPS) is 15.1. The molecule has 34 heavy (non-hydrogen) atoms. The second-order valence-electron chi connectivity index (χ2n) is 7.92. The van der Waals surface area contributed by atoms with Gasteiger partial charge >= 0.3 is 0 Å². The van der Waals surface area contributed by atoms with Gasteiger partial charge in [-0.1, -0.05) is 70.7 Å². The summed E-state index contributed by atoms with van der Waals surface area (Å²) < 4.78 is 19.0. The average Bonchev–Trinajstić information content (AvgIpc) is 3.36. The maximum Gasteiger partial charge on any atom is 0.280 e. The molecule has 0 spiro atoms. The number of benzene rings is 2. The highest BCUT2D eigenvalue weighted by atomic mass is 35.5. The SMILES string of the molecule is O=C(NC1CCCCC1)[C@@H](c1c(F)cccc1Cl)N(C(=O)c1csnn1)c1cccc(Cl)c1Cl. The Balaban J connectivity index is 1.89. The zero-order chi connectivity index (χ0) is 24.2. The molecule has 0 saturated heterocycles. The number of halogens is 4. The third kappa shape index (κ3) is 5.20. The van der Waals surface area contributed by atoms with Crippen LogP contribution in [0, 0.1) is 5.82 Å². The minimum atomic E-state index is -1.47. The highest BCUT2D eigenvalue weighted by Crippen LogP contribution is 2.40. The van der Waals surface area contributed by atoms with Crippen molar-refractivity contribution in [1.29, 1.82) is 0 Å². The van der Waals surface area contributed by atoms with Gasteiger partial charge in [-0.2, -0.15) is 0 Å². The van der Waals surface area contributed by atoms with Gasteiger partial charge in [0.05, 0.1) is 15.7 Å². The van der Waals surface area contributed by atoms with Gasteiger partial charge in [-0.3, -0.25) is 14.5 Å². The molecule has 1 N–H and O–H groups in total.